The molecule has 0 aliphatic heterocycles. The highest BCUT2D eigenvalue weighted by Gasteiger charge is 2.28. The number of aryl methyl sites for hydroxylation is 1. The van der Waals surface area contributed by atoms with Crippen molar-refractivity contribution in [2.75, 3.05) is 19.0 Å². The molecule has 7 heteroatoms. The van der Waals surface area contributed by atoms with Crippen molar-refractivity contribution in [3.8, 4) is 11.4 Å². The Kier molecular flexibility index (Phi) is 7.15. The van der Waals surface area contributed by atoms with Crippen LogP contribution in [-0.4, -0.2) is 34.1 Å². The first-order valence-corrected chi connectivity index (χ1v) is 11.8. The van der Waals surface area contributed by atoms with Gasteiger partial charge in [-0.15, -0.1) is 0 Å². The maximum absolute atomic E-state index is 13.7. The minimum atomic E-state index is -0.426. The molecule has 1 heterocycles. The van der Waals surface area contributed by atoms with Crippen molar-refractivity contribution in [3.63, 3.8) is 0 Å². The fraction of sp³-hybridized carbons (Fsp3) is 0.250. The average Bonchev–Trinajstić information content (AvgIpc) is 2.88. The molecule has 0 spiro atoms. The third-order valence-corrected chi connectivity index (χ3v) is 6.10. The van der Waals surface area contributed by atoms with Gasteiger partial charge in [-0.05, 0) is 68.8 Å². The predicted molar refractivity (Wildman–Crippen MR) is 140 cm³/mol. The minimum absolute atomic E-state index is 0.177. The standard InChI is InChI=1S/C28H30N4O3/c1-5-25(31(6-2)28(34)29-20-13-11-19(3)12-14-20)26-30-24-10-8-7-9-23(24)27(33)32(26)21-15-17-22(35-4)18-16-21/h7-18,25H,5-6H2,1-4H3,(H,29,34). The highest BCUT2D eigenvalue weighted by molar-refractivity contribution is 5.89. The number of rotatable bonds is 7. The summed E-state index contributed by atoms with van der Waals surface area (Å²) < 4.78 is 6.90. The Bertz CT molecular complexity index is 1380. The van der Waals surface area contributed by atoms with Gasteiger partial charge in [-0.25, -0.2) is 9.78 Å². The fourth-order valence-corrected chi connectivity index (χ4v) is 4.23. The van der Waals surface area contributed by atoms with Gasteiger partial charge in [-0.3, -0.25) is 9.36 Å². The number of aromatic nitrogens is 2. The molecule has 1 aromatic heterocycles. The van der Waals surface area contributed by atoms with Crippen LogP contribution in [-0.2, 0) is 0 Å². The highest BCUT2D eigenvalue weighted by atomic mass is 16.5. The molecule has 0 saturated heterocycles. The molecule has 0 aliphatic carbocycles. The number of hydrogen-bond donors (Lipinski definition) is 1. The van der Waals surface area contributed by atoms with Crippen molar-refractivity contribution in [2.45, 2.75) is 33.2 Å². The van der Waals surface area contributed by atoms with Gasteiger partial charge in [0.25, 0.3) is 5.56 Å². The van der Waals surface area contributed by atoms with E-state index >= 15 is 0 Å². The zero-order valence-electron chi connectivity index (χ0n) is 20.5. The van der Waals surface area contributed by atoms with Crippen LogP contribution >= 0.6 is 0 Å². The van der Waals surface area contributed by atoms with Crippen LogP contribution < -0.4 is 15.6 Å². The molecule has 4 aromatic rings. The number of nitrogens with one attached hydrogen (secondary N) is 1. The monoisotopic (exact) mass is 470 g/mol. The Morgan fingerprint density at radius 3 is 2.34 bits per heavy atom. The fourth-order valence-electron chi connectivity index (χ4n) is 4.23. The van der Waals surface area contributed by atoms with E-state index in [1.807, 2.05) is 87.5 Å². The van der Waals surface area contributed by atoms with E-state index in [1.54, 1.807) is 22.6 Å². The molecule has 4 rings (SSSR count). The van der Waals surface area contributed by atoms with Gasteiger partial charge in [0, 0.05) is 12.2 Å². The van der Waals surface area contributed by atoms with Crippen molar-refractivity contribution in [3.05, 3.63) is 94.5 Å². The number of benzene rings is 3. The quantitative estimate of drug-likeness (QED) is 0.375. The molecule has 1 N–H and O–H groups in total. The van der Waals surface area contributed by atoms with Gasteiger partial charge in [-0.2, -0.15) is 0 Å². The van der Waals surface area contributed by atoms with Gasteiger partial charge in [0.05, 0.1) is 29.7 Å². The zero-order valence-corrected chi connectivity index (χ0v) is 20.5. The number of carbonyl (C=O) groups is 1. The van der Waals surface area contributed by atoms with Crippen LogP contribution in [0.5, 0.6) is 5.75 Å². The molecule has 0 aliphatic rings. The SMILES string of the molecule is CCC(c1nc2ccccc2c(=O)n1-c1ccc(OC)cc1)N(CC)C(=O)Nc1ccc(C)cc1. The number of anilines is 1. The van der Waals surface area contributed by atoms with Crippen LogP contribution in [0.4, 0.5) is 10.5 Å². The molecular weight excluding hydrogens is 440 g/mol. The average molecular weight is 471 g/mol. The molecule has 1 atom stereocenters. The minimum Gasteiger partial charge on any atom is -0.497 e. The second-order valence-electron chi connectivity index (χ2n) is 8.33. The number of methoxy groups -OCH3 is 1. The van der Waals surface area contributed by atoms with E-state index in [2.05, 4.69) is 5.32 Å². The lowest BCUT2D eigenvalue weighted by Gasteiger charge is -2.31. The Hall–Kier alpha value is -4.13. The van der Waals surface area contributed by atoms with Gasteiger partial charge in [0.2, 0.25) is 0 Å². The van der Waals surface area contributed by atoms with Crippen LogP contribution in [0.2, 0.25) is 0 Å². The van der Waals surface area contributed by atoms with E-state index in [-0.39, 0.29) is 11.6 Å². The van der Waals surface area contributed by atoms with E-state index in [0.717, 1.165) is 5.56 Å². The van der Waals surface area contributed by atoms with Crippen molar-refractivity contribution in [1.82, 2.24) is 14.5 Å². The number of amides is 2. The van der Waals surface area contributed by atoms with Gasteiger partial charge in [0.1, 0.15) is 11.6 Å². The highest BCUT2D eigenvalue weighted by Crippen LogP contribution is 2.27. The topological polar surface area (TPSA) is 76.5 Å². The van der Waals surface area contributed by atoms with E-state index in [4.69, 9.17) is 9.72 Å². The van der Waals surface area contributed by atoms with Crippen molar-refractivity contribution in [2.24, 2.45) is 0 Å². The number of carbonyl (C=O) groups excluding carboxylic acids is 1. The molecule has 0 saturated carbocycles. The molecule has 35 heavy (non-hydrogen) atoms. The van der Waals surface area contributed by atoms with Crippen LogP contribution in [0, 0.1) is 6.92 Å². The number of urea groups is 1. The summed E-state index contributed by atoms with van der Waals surface area (Å²) in [6.45, 7) is 6.36. The largest absolute Gasteiger partial charge is 0.497 e. The summed E-state index contributed by atoms with van der Waals surface area (Å²) in [5, 5.41) is 3.51. The summed E-state index contributed by atoms with van der Waals surface area (Å²) in [4.78, 5) is 33.7. The van der Waals surface area contributed by atoms with Gasteiger partial charge in [-0.1, -0.05) is 36.8 Å². The smallest absolute Gasteiger partial charge is 0.322 e. The first-order chi connectivity index (χ1) is 17.0. The number of para-hydroxylation sites is 1. The van der Waals surface area contributed by atoms with Gasteiger partial charge in [0.15, 0.2) is 0 Å². The van der Waals surface area contributed by atoms with Crippen molar-refractivity contribution in [1.29, 1.82) is 0 Å². The molecule has 7 nitrogen and oxygen atoms in total. The lowest BCUT2D eigenvalue weighted by Crippen LogP contribution is -2.40. The maximum atomic E-state index is 13.7. The first kappa shape index (κ1) is 24.0. The Labute approximate surface area is 205 Å². The lowest BCUT2D eigenvalue weighted by atomic mass is 10.1. The maximum Gasteiger partial charge on any atom is 0.322 e. The van der Waals surface area contributed by atoms with Crippen molar-refractivity contribution < 1.29 is 9.53 Å². The number of hydrogen-bond acceptors (Lipinski definition) is 4. The number of nitrogens with zero attached hydrogens (tertiary/aromatic N) is 3. The van der Waals surface area contributed by atoms with Crippen molar-refractivity contribution >= 4 is 22.6 Å². The van der Waals surface area contributed by atoms with Crippen LogP contribution in [0.1, 0.15) is 37.7 Å². The summed E-state index contributed by atoms with van der Waals surface area (Å²) in [5.41, 5.74) is 2.92. The molecule has 180 valence electrons. The molecule has 1 unspecified atom stereocenters. The Morgan fingerprint density at radius 2 is 1.71 bits per heavy atom. The van der Waals surface area contributed by atoms with Crippen LogP contribution in [0.25, 0.3) is 16.6 Å². The second-order valence-corrected chi connectivity index (χ2v) is 8.33. The van der Waals surface area contributed by atoms with Crippen LogP contribution in [0.3, 0.4) is 0 Å². The van der Waals surface area contributed by atoms with E-state index < -0.39 is 6.04 Å². The molecule has 0 fully saturated rings. The third kappa shape index (κ3) is 4.89. The summed E-state index contributed by atoms with van der Waals surface area (Å²) in [7, 11) is 1.60. The normalized spacial score (nSPS) is 11.8. The predicted octanol–water partition coefficient (Wildman–Crippen LogP) is 5.71. The number of fused-ring (bicyclic) bond motifs is 1. The zero-order chi connectivity index (χ0) is 24.9. The molecular formula is C28H30N4O3. The number of ether oxygens (including phenoxy) is 1. The molecule has 0 radical (unpaired) electrons. The Morgan fingerprint density at radius 1 is 1.03 bits per heavy atom. The molecule has 3 aromatic carbocycles. The summed E-state index contributed by atoms with van der Waals surface area (Å²) in [5.74, 6) is 1.21. The summed E-state index contributed by atoms with van der Waals surface area (Å²) in [6.07, 6.45) is 0.579. The summed E-state index contributed by atoms with van der Waals surface area (Å²) in [6, 6.07) is 21.6. The van der Waals surface area contributed by atoms with Gasteiger partial charge >= 0.3 is 6.03 Å². The van der Waals surface area contributed by atoms with Crippen LogP contribution in [0.15, 0.2) is 77.6 Å². The lowest BCUT2D eigenvalue weighted by molar-refractivity contribution is 0.185. The van der Waals surface area contributed by atoms with E-state index in [0.29, 0.717) is 46.8 Å². The summed E-state index contributed by atoms with van der Waals surface area (Å²) >= 11 is 0. The second kappa shape index (κ2) is 10.4. The molecule has 2 amide bonds. The van der Waals surface area contributed by atoms with E-state index in [1.165, 1.54) is 0 Å². The van der Waals surface area contributed by atoms with E-state index in [9.17, 15) is 9.59 Å². The molecule has 0 bridgehead atoms. The Balaban J connectivity index is 1.83. The first-order valence-electron chi connectivity index (χ1n) is 11.8. The van der Waals surface area contributed by atoms with Gasteiger partial charge < -0.3 is 15.0 Å². The third-order valence-electron chi connectivity index (χ3n) is 6.10.